The molecule has 208 valence electrons. The van der Waals surface area contributed by atoms with E-state index in [1.165, 1.54) is 17.5 Å². The summed E-state index contributed by atoms with van der Waals surface area (Å²) in [6.07, 6.45) is 3.49. The molecule has 2 heterocycles. The van der Waals surface area contributed by atoms with Crippen LogP contribution in [0.3, 0.4) is 0 Å². The first-order chi connectivity index (χ1) is 18.5. The van der Waals surface area contributed by atoms with Crippen LogP contribution >= 0.6 is 11.6 Å². The summed E-state index contributed by atoms with van der Waals surface area (Å²) in [7, 11) is -0.517. The van der Waals surface area contributed by atoms with Crippen molar-refractivity contribution in [2.24, 2.45) is 0 Å². The molecule has 0 bridgehead atoms. The van der Waals surface area contributed by atoms with Crippen LogP contribution < -0.4 is 9.62 Å². The number of hydrogen-bond donors (Lipinski definition) is 1. The summed E-state index contributed by atoms with van der Waals surface area (Å²) < 4.78 is 35.0. The van der Waals surface area contributed by atoms with Crippen molar-refractivity contribution in [2.45, 2.75) is 37.7 Å². The van der Waals surface area contributed by atoms with Crippen LogP contribution in [-0.2, 0) is 19.6 Å². The maximum Gasteiger partial charge on any atom is 0.270 e. The van der Waals surface area contributed by atoms with Crippen LogP contribution in [0.25, 0.3) is 16.6 Å². The summed E-state index contributed by atoms with van der Waals surface area (Å²) in [6.45, 7) is 2.54. The number of nitrogens with zero attached hydrogens (tertiary/aromatic N) is 4. The topological polar surface area (TPSA) is 114 Å². The maximum absolute atomic E-state index is 13.1. The third kappa shape index (κ3) is 5.22. The predicted octanol–water partition coefficient (Wildman–Crippen LogP) is 3.32. The minimum atomic E-state index is -3.67. The largest absolute Gasteiger partial charge is 0.374 e. The normalized spacial score (nSPS) is 16.7. The van der Waals surface area contributed by atoms with Crippen molar-refractivity contribution in [3.8, 4) is 5.69 Å². The Kier molecular flexibility index (Phi) is 7.11. The van der Waals surface area contributed by atoms with Crippen molar-refractivity contribution in [3.05, 3.63) is 52.7 Å². The van der Waals surface area contributed by atoms with Gasteiger partial charge in [0.25, 0.3) is 5.91 Å². The molecule has 1 aliphatic heterocycles. The summed E-state index contributed by atoms with van der Waals surface area (Å²) in [4.78, 5) is 26.5. The van der Waals surface area contributed by atoms with Gasteiger partial charge in [0.15, 0.2) is 0 Å². The van der Waals surface area contributed by atoms with Crippen molar-refractivity contribution in [1.29, 1.82) is 0 Å². The molecule has 1 N–H and O–H groups in total. The van der Waals surface area contributed by atoms with Crippen LogP contribution in [0.1, 0.15) is 48.2 Å². The number of rotatable bonds is 9. The van der Waals surface area contributed by atoms with Gasteiger partial charge in [-0.1, -0.05) is 11.6 Å². The highest BCUT2D eigenvalue weighted by molar-refractivity contribution is 7.92. The number of aromatic nitrogens is 2. The molecule has 2 fully saturated rings. The molecule has 0 spiro atoms. The second-order valence-electron chi connectivity index (χ2n) is 10.4. The molecule has 2 aliphatic rings. The van der Waals surface area contributed by atoms with Crippen molar-refractivity contribution < 1.29 is 22.7 Å². The summed E-state index contributed by atoms with van der Waals surface area (Å²) in [5.41, 5.74) is 2.37. The molecule has 1 aliphatic carbocycles. The highest BCUT2D eigenvalue weighted by Gasteiger charge is 2.45. The van der Waals surface area contributed by atoms with E-state index in [0.717, 1.165) is 18.4 Å². The van der Waals surface area contributed by atoms with Gasteiger partial charge in [0.1, 0.15) is 11.3 Å². The second-order valence-corrected chi connectivity index (χ2v) is 12.7. The Morgan fingerprint density at radius 1 is 1.21 bits per heavy atom. The zero-order valence-electron chi connectivity index (χ0n) is 22.4. The van der Waals surface area contributed by atoms with Gasteiger partial charge >= 0.3 is 0 Å². The van der Waals surface area contributed by atoms with Crippen molar-refractivity contribution in [2.75, 3.05) is 44.4 Å². The number of sulfonamides is 1. The number of carbonyl (C=O) groups is 2. The summed E-state index contributed by atoms with van der Waals surface area (Å²) in [6, 6.07) is 10.7. The van der Waals surface area contributed by atoms with Gasteiger partial charge in [-0.3, -0.25) is 13.9 Å². The Labute approximate surface area is 232 Å². The first-order valence-corrected chi connectivity index (χ1v) is 15.0. The van der Waals surface area contributed by atoms with Gasteiger partial charge in [0.05, 0.1) is 36.2 Å². The number of likely N-dealkylation sites (tertiary alicyclic amines) is 1. The van der Waals surface area contributed by atoms with E-state index in [1.54, 1.807) is 54.1 Å². The number of methoxy groups -OCH3 is 1. The van der Waals surface area contributed by atoms with Crippen molar-refractivity contribution in [1.82, 2.24) is 20.0 Å². The first kappa shape index (κ1) is 27.4. The Morgan fingerprint density at radius 3 is 2.41 bits per heavy atom. The average molecular weight is 574 g/mol. The molecular formula is C27H32ClN5O5S. The summed E-state index contributed by atoms with van der Waals surface area (Å²) in [5, 5.41) is 8.64. The van der Waals surface area contributed by atoms with Crippen LogP contribution in [0.5, 0.6) is 0 Å². The molecule has 0 unspecified atom stereocenters. The fourth-order valence-corrected chi connectivity index (χ4v) is 6.28. The van der Waals surface area contributed by atoms with E-state index in [4.69, 9.17) is 21.4 Å². The highest BCUT2D eigenvalue weighted by atomic mass is 35.5. The maximum atomic E-state index is 13.1. The van der Waals surface area contributed by atoms with E-state index in [2.05, 4.69) is 5.32 Å². The monoisotopic (exact) mass is 573 g/mol. The lowest BCUT2D eigenvalue weighted by Gasteiger charge is -2.49. The van der Waals surface area contributed by atoms with Gasteiger partial charge in [-0.25, -0.2) is 13.1 Å². The summed E-state index contributed by atoms with van der Waals surface area (Å²) in [5.74, 6) is -0.144. The Morgan fingerprint density at radius 2 is 1.87 bits per heavy atom. The molecule has 10 nitrogen and oxygen atoms in total. The van der Waals surface area contributed by atoms with Crippen molar-refractivity contribution >= 4 is 50.0 Å². The molecule has 1 saturated carbocycles. The second kappa shape index (κ2) is 10.1. The minimum absolute atomic E-state index is 0.0349. The molecule has 0 radical (unpaired) electrons. The SMILES string of the molecule is CNC(=O)c1c2cc(C3CC3)c(N(CCC3(OC)CN(C(C)=O)C3)S(C)(=O)=O)cc2nn1-c1ccc(Cl)cc1. The van der Waals surface area contributed by atoms with Gasteiger partial charge in [0.2, 0.25) is 15.9 Å². The Balaban J connectivity index is 1.60. The van der Waals surface area contributed by atoms with Crippen LogP contribution in [0, 0.1) is 0 Å². The van der Waals surface area contributed by atoms with E-state index in [-0.39, 0.29) is 24.3 Å². The fourth-order valence-electron chi connectivity index (χ4n) is 5.21. The highest BCUT2D eigenvalue weighted by Crippen LogP contribution is 2.47. The van der Waals surface area contributed by atoms with Crippen LogP contribution in [0.4, 0.5) is 5.69 Å². The number of amides is 2. The average Bonchev–Trinajstić information content (AvgIpc) is 3.64. The molecule has 1 saturated heterocycles. The number of carbonyl (C=O) groups excluding carboxylic acids is 2. The fraction of sp³-hybridized carbons (Fsp3) is 0.444. The number of ether oxygens (including phenoxy) is 1. The van der Waals surface area contributed by atoms with Gasteiger partial charge in [-0.2, -0.15) is 5.10 Å². The molecule has 0 atom stereocenters. The molecule has 12 heteroatoms. The molecule has 2 amide bonds. The lowest BCUT2D eigenvalue weighted by atomic mass is 9.90. The first-order valence-electron chi connectivity index (χ1n) is 12.8. The molecule has 1 aromatic heterocycles. The number of benzene rings is 2. The Hall–Kier alpha value is -3.15. The zero-order chi connectivity index (χ0) is 28.1. The van der Waals surface area contributed by atoms with Crippen LogP contribution in [-0.4, -0.2) is 80.6 Å². The number of halogens is 1. The quantitative estimate of drug-likeness (QED) is 0.420. The van der Waals surface area contributed by atoms with E-state index in [9.17, 15) is 18.0 Å². The minimum Gasteiger partial charge on any atom is -0.374 e. The van der Waals surface area contributed by atoms with Crippen molar-refractivity contribution in [3.63, 3.8) is 0 Å². The Bertz CT molecular complexity index is 1540. The smallest absolute Gasteiger partial charge is 0.270 e. The molecule has 39 heavy (non-hydrogen) atoms. The molecule has 3 aromatic rings. The van der Waals surface area contributed by atoms with Crippen LogP contribution in [0.15, 0.2) is 36.4 Å². The number of nitrogens with one attached hydrogen (secondary N) is 1. The molecule has 2 aromatic carbocycles. The zero-order valence-corrected chi connectivity index (χ0v) is 24.0. The lowest BCUT2D eigenvalue weighted by Crippen LogP contribution is -2.64. The molecular weight excluding hydrogens is 542 g/mol. The van der Waals surface area contributed by atoms with Gasteiger partial charge in [0, 0.05) is 38.0 Å². The van der Waals surface area contributed by atoms with Gasteiger partial charge in [-0.05, 0) is 67.1 Å². The van der Waals surface area contributed by atoms with E-state index < -0.39 is 15.6 Å². The van der Waals surface area contributed by atoms with E-state index in [1.807, 2.05) is 6.07 Å². The molecule has 5 rings (SSSR count). The number of fused-ring (bicyclic) bond motifs is 1. The summed E-state index contributed by atoms with van der Waals surface area (Å²) >= 11 is 6.08. The number of hydrogen-bond acceptors (Lipinski definition) is 6. The predicted molar refractivity (Wildman–Crippen MR) is 150 cm³/mol. The third-order valence-corrected chi connectivity index (χ3v) is 9.06. The van der Waals surface area contributed by atoms with Crippen LogP contribution in [0.2, 0.25) is 5.02 Å². The third-order valence-electron chi connectivity index (χ3n) is 7.63. The number of anilines is 1. The standard InChI is InChI=1S/C27H32ClN5O5S/c1-17(34)31-15-27(16-31,38-3)11-12-32(39(4,36)37)24-14-23-22(13-21(24)18-5-6-18)25(26(35)29-2)33(30-23)20-9-7-19(28)8-10-20/h7-10,13-14,18H,5-6,11-12,15-16H2,1-4H3,(H,29,35). The van der Waals surface area contributed by atoms with E-state index in [0.29, 0.717) is 52.5 Å². The lowest BCUT2D eigenvalue weighted by molar-refractivity contribution is -0.160. The van der Waals surface area contributed by atoms with Gasteiger partial charge < -0.3 is 15.0 Å². The van der Waals surface area contributed by atoms with Gasteiger partial charge in [-0.15, -0.1) is 0 Å². The van der Waals surface area contributed by atoms with E-state index >= 15 is 0 Å².